The van der Waals surface area contributed by atoms with E-state index in [0.717, 1.165) is 11.8 Å². The van der Waals surface area contributed by atoms with Crippen molar-refractivity contribution < 1.29 is 18.3 Å². The van der Waals surface area contributed by atoms with E-state index in [1.807, 2.05) is 22.6 Å². The van der Waals surface area contributed by atoms with Crippen LogP contribution in [0.2, 0.25) is 0 Å². The monoisotopic (exact) mass is 508 g/mol. The summed E-state index contributed by atoms with van der Waals surface area (Å²) in [4.78, 5) is 18.5. The van der Waals surface area contributed by atoms with Crippen molar-refractivity contribution >= 4 is 28.5 Å². The van der Waals surface area contributed by atoms with Crippen molar-refractivity contribution in [1.82, 2.24) is 19.7 Å². The van der Waals surface area contributed by atoms with Crippen LogP contribution in [0.25, 0.3) is 5.82 Å². The van der Waals surface area contributed by atoms with Gasteiger partial charge >= 0.3 is 0 Å². The van der Waals surface area contributed by atoms with Crippen molar-refractivity contribution in [1.29, 1.82) is 0 Å². The van der Waals surface area contributed by atoms with Gasteiger partial charge in [-0.05, 0) is 64.6 Å². The normalized spacial score (nSPS) is 16.0. The Balaban J connectivity index is 1.54. The quantitative estimate of drug-likeness (QED) is 0.505. The van der Waals surface area contributed by atoms with Crippen LogP contribution in [-0.2, 0) is 11.2 Å². The zero-order valence-corrected chi connectivity index (χ0v) is 17.2. The molecule has 1 unspecified atom stereocenters. The lowest BCUT2D eigenvalue weighted by Gasteiger charge is -2.33. The van der Waals surface area contributed by atoms with Crippen LogP contribution in [0.15, 0.2) is 61.3 Å². The van der Waals surface area contributed by atoms with Crippen molar-refractivity contribution in [3.8, 4) is 5.82 Å². The number of aromatic nitrogens is 3. The van der Waals surface area contributed by atoms with Crippen molar-refractivity contribution in [3.05, 3.63) is 87.6 Å². The first-order valence-corrected chi connectivity index (χ1v) is 9.81. The van der Waals surface area contributed by atoms with Gasteiger partial charge in [0.25, 0.3) is 5.91 Å². The number of ether oxygens (including phenoxy) is 1. The number of pyridine rings is 1. The van der Waals surface area contributed by atoms with Gasteiger partial charge in [0.1, 0.15) is 11.6 Å². The zero-order chi connectivity index (χ0) is 20.4. The molecule has 1 amide bonds. The molecule has 0 bridgehead atoms. The number of carbonyl (C=O) groups is 1. The van der Waals surface area contributed by atoms with E-state index in [-0.39, 0.29) is 5.91 Å². The third-order valence-corrected chi connectivity index (χ3v) is 5.33. The molecule has 1 atom stereocenters. The first-order valence-electron chi connectivity index (χ1n) is 8.73. The molecule has 2 aromatic heterocycles. The van der Waals surface area contributed by atoms with Gasteiger partial charge in [-0.2, -0.15) is 5.10 Å². The molecule has 3 heterocycles. The van der Waals surface area contributed by atoms with Gasteiger partial charge in [0, 0.05) is 22.7 Å². The van der Waals surface area contributed by atoms with E-state index in [9.17, 15) is 13.6 Å². The molecule has 0 aliphatic carbocycles. The van der Waals surface area contributed by atoms with Crippen LogP contribution in [0.4, 0.5) is 8.78 Å². The van der Waals surface area contributed by atoms with Gasteiger partial charge in [0.05, 0.1) is 24.2 Å². The Hall–Kier alpha value is -2.82. The maximum atomic E-state index is 13.6. The minimum Gasteiger partial charge on any atom is -0.478 e. The number of rotatable bonds is 4. The minimum atomic E-state index is -0.564. The number of carbonyl (C=O) groups excluding carboxylic acids is 1. The van der Waals surface area contributed by atoms with Crippen molar-refractivity contribution in [3.63, 3.8) is 0 Å². The van der Waals surface area contributed by atoms with E-state index in [1.54, 1.807) is 35.7 Å². The average Bonchev–Trinajstić information content (AvgIpc) is 3.19. The van der Waals surface area contributed by atoms with E-state index in [1.165, 1.54) is 28.9 Å². The molecule has 0 radical (unpaired) electrons. The molecule has 148 valence electrons. The van der Waals surface area contributed by atoms with Gasteiger partial charge in [0.2, 0.25) is 0 Å². The Morgan fingerprint density at radius 1 is 1.21 bits per heavy atom. The lowest BCUT2D eigenvalue weighted by atomic mass is 10.1. The van der Waals surface area contributed by atoms with Crippen molar-refractivity contribution in [2.45, 2.75) is 12.6 Å². The molecule has 1 aliphatic heterocycles. The summed E-state index contributed by atoms with van der Waals surface area (Å²) in [6, 6.07) is 6.95. The van der Waals surface area contributed by atoms with Crippen LogP contribution < -0.4 is 0 Å². The standard InChI is InChI=1S/C20H15F2IN4O2/c21-14-2-4-17(23)16(9-14)20(28)26-6-1-7-29-19(26)8-13-10-25-27(12-13)18-5-3-15(22)11-24-18/h1-5,7,9-12,19H,6,8H2. The largest absolute Gasteiger partial charge is 0.478 e. The summed E-state index contributed by atoms with van der Waals surface area (Å²) in [6.07, 6.45) is 7.60. The highest BCUT2D eigenvalue weighted by molar-refractivity contribution is 14.1. The summed E-state index contributed by atoms with van der Waals surface area (Å²) in [5.41, 5.74) is 1.10. The number of nitrogens with zero attached hydrogens (tertiary/aromatic N) is 4. The molecule has 6 nitrogen and oxygen atoms in total. The highest BCUT2D eigenvalue weighted by Crippen LogP contribution is 2.21. The summed E-state index contributed by atoms with van der Waals surface area (Å²) < 4.78 is 34.6. The van der Waals surface area contributed by atoms with Crippen LogP contribution in [0, 0.1) is 15.2 Å². The predicted octanol–water partition coefficient (Wildman–Crippen LogP) is 3.71. The number of halogens is 3. The lowest BCUT2D eigenvalue weighted by Crippen LogP contribution is -2.44. The third-order valence-electron chi connectivity index (χ3n) is 4.39. The number of benzene rings is 1. The number of amides is 1. The second-order valence-corrected chi connectivity index (χ2v) is 7.54. The molecule has 9 heteroatoms. The van der Waals surface area contributed by atoms with Crippen LogP contribution in [0.3, 0.4) is 0 Å². The Kier molecular flexibility index (Phi) is 5.56. The van der Waals surface area contributed by atoms with E-state index in [4.69, 9.17) is 4.74 Å². The Morgan fingerprint density at radius 3 is 2.83 bits per heavy atom. The van der Waals surface area contributed by atoms with Gasteiger partial charge in [-0.25, -0.2) is 18.4 Å². The summed E-state index contributed by atoms with van der Waals surface area (Å²) in [7, 11) is 0. The molecule has 0 N–H and O–H groups in total. The predicted molar refractivity (Wildman–Crippen MR) is 109 cm³/mol. The third kappa shape index (κ3) is 4.29. The van der Waals surface area contributed by atoms with Crippen LogP contribution >= 0.6 is 22.6 Å². The van der Waals surface area contributed by atoms with Crippen LogP contribution in [-0.4, -0.2) is 38.3 Å². The maximum Gasteiger partial charge on any atom is 0.258 e. The Labute approximate surface area is 178 Å². The van der Waals surface area contributed by atoms with Gasteiger partial charge in [0.15, 0.2) is 12.0 Å². The SMILES string of the molecule is O=C(c1cc(F)ccc1I)N1CC=COC1Cc1cnn(-c2ccc(F)cn2)c1. The molecule has 1 aromatic carbocycles. The fourth-order valence-corrected chi connectivity index (χ4v) is 3.54. The van der Waals surface area contributed by atoms with Gasteiger partial charge in [-0.3, -0.25) is 9.69 Å². The molecule has 1 aliphatic rings. The molecule has 29 heavy (non-hydrogen) atoms. The molecular formula is C20H15F2IN4O2. The second-order valence-electron chi connectivity index (χ2n) is 6.38. The average molecular weight is 508 g/mol. The van der Waals surface area contributed by atoms with Crippen LogP contribution in [0.5, 0.6) is 0 Å². The van der Waals surface area contributed by atoms with E-state index < -0.39 is 17.9 Å². The van der Waals surface area contributed by atoms with Crippen molar-refractivity contribution in [2.24, 2.45) is 0 Å². The molecule has 3 aromatic rings. The summed E-state index contributed by atoms with van der Waals surface area (Å²) in [5, 5.41) is 4.24. The summed E-state index contributed by atoms with van der Waals surface area (Å²) in [5.74, 6) is -0.725. The summed E-state index contributed by atoms with van der Waals surface area (Å²) in [6.45, 7) is 0.351. The Bertz CT molecular complexity index is 1070. The van der Waals surface area contributed by atoms with Crippen molar-refractivity contribution in [2.75, 3.05) is 6.54 Å². The maximum absolute atomic E-state index is 13.6. The second kappa shape index (κ2) is 8.27. The van der Waals surface area contributed by atoms with E-state index in [2.05, 4.69) is 10.1 Å². The minimum absolute atomic E-state index is 0.292. The topological polar surface area (TPSA) is 60.3 Å². The molecule has 0 spiro atoms. The van der Waals surface area contributed by atoms with Crippen LogP contribution in [0.1, 0.15) is 15.9 Å². The highest BCUT2D eigenvalue weighted by Gasteiger charge is 2.29. The molecule has 0 fully saturated rings. The van der Waals surface area contributed by atoms with Gasteiger partial charge in [-0.1, -0.05) is 0 Å². The van der Waals surface area contributed by atoms with Gasteiger partial charge in [-0.15, -0.1) is 0 Å². The molecule has 0 saturated carbocycles. The number of hydrogen-bond acceptors (Lipinski definition) is 4. The van der Waals surface area contributed by atoms with E-state index >= 15 is 0 Å². The lowest BCUT2D eigenvalue weighted by molar-refractivity contribution is -0.00622. The molecule has 4 rings (SSSR count). The fourth-order valence-electron chi connectivity index (χ4n) is 2.98. The van der Waals surface area contributed by atoms with Gasteiger partial charge < -0.3 is 4.74 Å². The number of hydrogen-bond donors (Lipinski definition) is 0. The molecule has 0 saturated heterocycles. The first kappa shape index (κ1) is 19.5. The summed E-state index contributed by atoms with van der Waals surface area (Å²) >= 11 is 2.01. The fraction of sp³-hybridized carbons (Fsp3) is 0.150. The highest BCUT2D eigenvalue weighted by atomic mass is 127. The smallest absolute Gasteiger partial charge is 0.258 e. The zero-order valence-electron chi connectivity index (χ0n) is 15.0. The first-order chi connectivity index (χ1) is 14.0. The Morgan fingerprint density at radius 2 is 2.03 bits per heavy atom. The van der Waals surface area contributed by atoms with E-state index in [0.29, 0.717) is 27.9 Å². The molecular weight excluding hydrogens is 493 g/mol.